The van der Waals surface area contributed by atoms with Crippen molar-refractivity contribution in [1.29, 1.82) is 0 Å². The Hall–Kier alpha value is -3.48. The van der Waals surface area contributed by atoms with Crippen molar-refractivity contribution in [2.45, 2.75) is 19.0 Å². The van der Waals surface area contributed by atoms with Crippen molar-refractivity contribution < 1.29 is 29.2 Å². The number of benzene rings is 4. The van der Waals surface area contributed by atoms with E-state index in [1.54, 1.807) is 18.2 Å². The van der Waals surface area contributed by atoms with Crippen molar-refractivity contribution in [1.82, 2.24) is 0 Å². The minimum atomic E-state index is -0.224. The van der Waals surface area contributed by atoms with Gasteiger partial charge in [0.1, 0.15) is 36.2 Å². The third kappa shape index (κ3) is 3.71. The summed E-state index contributed by atoms with van der Waals surface area (Å²) in [5, 5.41) is 24.5. The average Bonchev–Trinajstić information content (AvgIpc) is 3.67. The van der Waals surface area contributed by atoms with Gasteiger partial charge in [0.05, 0.1) is 0 Å². The van der Waals surface area contributed by atoms with E-state index in [0.29, 0.717) is 31.1 Å². The maximum atomic E-state index is 10.7. The fraction of sp³-hybridized carbons (Fsp3) is 0.200. The van der Waals surface area contributed by atoms with E-state index >= 15 is 0 Å². The highest BCUT2D eigenvalue weighted by atomic mass is 16.8. The second kappa shape index (κ2) is 7.04. The van der Waals surface area contributed by atoms with Crippen LogP contribution in [0.2, 0.25) is 0 Å². The number of hydrogen-bond acceptors (Lipinski definition) is 6. The van der Waals surface area contributed by atoms with Crippen LogP contribution in [-0.4, -0.2) is 36.0 Å². The molecule has 0 saturated carbocycles. The molecule has 2 aliphatic rings. The predicted molar refractivity (Wildman–Crippen MR) is 115 cm³/mol. The summed E-state index contributed by atoms with van der Waals surface area (Å²) in [6.07, 6.45) is 0.0718. The highest BCUT2D eigenvalue weighted by Gasteiger charge is 2.26. The summed E-state index contributed by atoms with van der Waals surface area (Å²) in [6, 6.07) is 18.6. The average molecular weight is 416 g/mol. The second-order valence-corrected chi connectivity index (χ2v) is 7.87. The molecule has 2 atom stereocenters. The van der Waals surface area contributed by atoms with Crippen molar-refractivity contribution in [2.24, 2.45) is 0 Å². The van der Waals surface area contributed by atoms with Gasteiger partial charge in [-0.2, -0.15) is 0 Å². The molecule has 0 bridgehead atoms. The zero-order valence-corrected chi connectivity index (χ0v) is 16.6. The number of aromatic hydroxyl groups is 2. The normalized spacial score (nSPS) is 19.5. The maximum absolute atomic E-state index is 10.7. The molecule has 0 spiro atoms. The van der Waals surface area contributed by atoms with Crippen molar-refractivity contribution in [2.75, 3.05) is 13.2 Å². The van der Waals surface area contributed by atoms with Gasteiger partial charge in [-0.05, 0) is 69.6 Å². The SMILES string of the molecule is Oc1ccc2c(Cc3c(O)ccc4ccc(OC5CO5)cc34)cc(OC3CO3)cc2c1. The minimum absolute atomic E-state index is 0.187. The van der Waals surface area contributed by atoms with Crippen LogP contribution in [-0.2, 0) is 15.9 Å². The lowest BCUT2D eigenvalue weighted by molar-refractivity contribution is 0.179. The number of epoxide rings is 2. The van der Waals surface area contributed by atoms with E-state index in [-0.39, 0.29) is 24.1 Å². The molecule has 31 heavy (non-hydrogen) atoms. The van der Waals surface area contributed by atoms with Crippen LogP contribution in [0.25, 0.3) is 21.5 Å². The molecule has 6 heteroatoms. The first-order chi connectivity index (χ1) is 15.1. The smallest absolute Gasteiger partial charge is 0.223 e. The molecule has 2 aliphatic heterocycles. The number of phenolic OH excluding ortho intramolecular Hbond substituents is 2. The van der Waals surface area contributed by atoms with Crippen LogP contribution in [0.4, 0.5) is 0 Å². The number of ether oxygens (including phenoxy) is 4. The van der Waals surface area contributed by atoms with Crippen molar-refractivity contribution in [3.8, 4) is 23.0 Å². The van der Waals surface area contributed by atoms with Crippen LogP contribution < -0.4 is 9.47 Å². The predicted octanol–water partition coefficient (Wildman–Crippen LogP) is 4.47. The molecule has 4 aromatic carbocycles. The molecule has 2 saturated heterocycles. The topological polar surface area (TPSA) is 84.0 Å². The van der Waals surface area contributed by atoms with E-state index in [0.717, 1.165) is 32.7 Å². The summed E-state index contributed by atoms with van der Waals surface area (Å²) in [5.74, 6) is 1.79. The lowest BCUT2D eigenvalue weighted by atomic mass is 9.94. The van der Waals surface area contributed by atoms with Gasteiger partial charge >= 0.3 is 0 Å². The Labute approximate surface area is 178 Å². The Balaban J connectivity index is 1.47. The molecule has 6 rings (SSSR count). The van der Waals surface area contributed by atoms with Gasteiger partial charge in [0, 0.05) is 12.0 Å². The second-order valence-electron chi connectivity index (χ2n) is 7.87. The molecule has 4 aromatic rings. The van der Waals surface area contributed by atoms with Crippen LogP contribution >= 0.6 is 0 Å². The van der Waals surface area contributed by atoms with Crippen molar-refractivity contribution in [3.05, 3.63) is 71.8 Å². The van der Waals surface area contributed by atoms with E-state index in [9.17, 15) is 10.2 Å². The fourth-order valence-corrected chi connectivity index (χ4v) is 3.94. The Bertz CT molecular complexity index is 1310. The summed E-state index contributed by atoms with van der Waals surface area (Å²) >= 11 is 0. The van der Waals surface area contributed by atoms with Crippen LogP contribution in [0, 0.1) is 0 Å². The van der Waals surface area contributed by atoms with E-state index in [2.05, 4.69) is 0 Å². The van der Waals surface area contributed by atoms with Gasteiger partial charge in [0.2, 0.25) is 12.6 Å². The van der Waals surface area contributed by atoms with Gasteiger partial charge in [0.25, 0.3) is 0 Å². The Morgan fingerprint density at radius 2 is 1.48 bits per heavy atom. The van der Waals surface area contributed by atoms with Crippen LogP contribution in [0.3, 0.4) is 0 Å². The molecule has 2 unspecified atom stereocenters. The van der Waals surface area contributed by atoms with E-state index in [1.165, 1.54) is 0 Å². The number of rotatable bonds is 6. The van der Waals surface area contributed by atoms with E-state index in [1.807, 2.05) is 42.5 Å². The first-order valence-electron chi connectivity index (χ1n) is 10.2. The van der Waals surface area contributed by atoms with Crippen LogP contribution in [0.1, 0.15) is 11.1 Å². The molecule has 0 amide bonds. The number of phenols is 2. The van der Waals surface area contributed by atoms with Crippen molar-refractivity contribution in [3.63, 3.8) is 0 Å². The van der Waals surface area contributed by atoms with Crippen LogP contribution in [0.15, 0.2) is 60.7 Å². The number of hydrogen-bond donors (Lipinski definition) is 2. The standard InChI is InChI=1S/C25H20O6/c26-17-3-5-20-15(7-17)8-19(31-25-13-29-25)9-16(20)10-22-21-11-18(30-24-12-28-24)4-1-14(21)2-6-23(22)27/h1-9,11,24-27H,10,12-13H2. The van der Waals surface area contributed by atoms with Crippen molar-refractivity contribution >= 4 is 21.5 Å². The van der Waals surface area contributed by atoms with Gasteiger partial charge in [-0.3, -0.25) is 0 Å². The fourth-order valence-electron chi connectivity index (χ4n) is 3.94. The molecule has 2 fully saturated rings. The summed E-state index contributed by atoms with van der Waals surface area (Å²) in [7, 11) is 0. The first kappa shape index (κ1) is 18.3. The molecule has 0 radical (unpaired) electrons. The van der Waals surface area contributed by atoms with Gasteiger partial charge in [-0.15, -0.1) is 0 Å². The zero-order chi connectivity index (χ0) is 20.9. The van der Waals surface area contributed by atoms with Crippen LogP contribution in [0.5, 0.6) is 23.0 Å². The quantitative estimate of drug-likeness (QED) is 0.452. The molecule has 156 valence electrons. The summed E-state index contributed by atoms with van der Waals surface area (Å²) in [4.78, 5) is 0. The Morgan fingerprint density at radius 3 is 2.26 bits per heavy atom. The minimum Gasteiger partial charge on any atom is -0.508 e. The zero-order valence-electron chi connectivity index (χ0n) is 16.6. The maximum Gasteiger partial charge on any atom is 0.223 e. The summed E-state index contributed by atoms with van der Waals surface area (Å²) in [5.41, 5.74) is 1.78. The molecule has 0 aromatic heterocycles. The Kier molecular flexibility index (Phi) is 4.16. The lowest BCUT2D eigenvalue weighted by Crippen LogP contribution is -2.00. The first-order valence-corrected chi connectivity index (χ1v) is 10.2. The summed E-state index contributed by atoms with van der Waals surface area (Å²) in [6.45, 7) is 1.17. The van der Waals surface area contributed by atoms with Gasteiger partial charge in [-0.25, -0.2) is 0 Å². The third-order valence-electron chi connectivity index (χ3n) is 5.58. The highest BCUT2D eigenvalue weighted by Crippen LogP contribution is 2.36. The molecule has 2 heterocycles. The molecule has 0 aliphatic carbocycles. The third-order valence-corrected chi connectivity index (χ3v) is 5.58. The van der Waals surface area contributed by atoms with E-state index < -0.39 is 0 Å². The van der Waals surface area contributed by atoms with Gasteiger partial charge in [-0.1, -0.05) is 18.2 Å². The van der Waals surface area contributed by atoms with E-state index in [4.69, 9.17) is 18.9 Å². The Morgan fingerprint density at radius 1 is 0.742 bits per heavy atom. The monoisotopic (exact) mass is 416 g/mol. The lowest BCUT2D eigenvalue weighted by Gasteiger charge is -2.14. The molecular formula is C25H20O6. The molecule has 2 N–H and O–H groups in total. The van der Waals surface area contributed by atoms with Gasteiger partial charge < -0.3 is 29.2 Å². The number of fused-ring (bicyclic) bond motifs is 2. The summed E-state index contributed by atoms with van der Waals surface area (Å²) < 4.78 is 22.0. The molecule has 6 nitrogen and oxygen atoms in total. The molecular weight excluding hydrogens is 396 g/mol. The largest absolute Gasteiger partial charge is 0.508 e. The van der Waals surface area contributed by atoms with Gasteiger partial charge in [0.15, 0.2) is 0 Å². The highest BCUT2D eigenvalue weighted by molar-refractivity contribution is 5.92.